The standard InChI is InChI=1S/C23H29F2N3O4S/c1-15(2)26-23(30)17(4)27(13-18-8-6-7-16(3)11-18)22(29)14-28(33(5,31)32)19-9-10-20(24)21(25)12-19/h6-12,15,17H,13-14H2,1-5H3,(H,26,30)/t17-/m0/s1. The summed E-state index contributed by atoms with van der Waals surface area (Å²) in [4.78, 5) is 27.3. The van der Waals surface area contributed by atoms with Crippen LogP contribution >= 0.6 is 0 Å². The molecule has 10 heteroatoms. The quantitative estimate of drug-likeness (QED) is 0.597. The molecule has 0 aliphatic heterocycles. The van der Waals surface area contributed by atoms with Gasteiger partial charge < -0.3 is 10.2 Å². The van der Waals surface area contributed by atoms with Crippen LogP contribution in [0, 0.1) is 18.6 Å². The van der Waals surface area contributed by atoms with E-state index in [0.717, 1.165) is 29.5 Å². The van der Waals surface area contributed by atoms with Gasteiger partial charge in [-0.05, 0) is 45.4 Å². The number of sulfonamides is 1. The molecule has 2 aromatic rings. The van der Waals surface area contributed by atoms with Crippen molar-refractivity contribution in [3.8, 4) is 0 Å². The Balaban J connectivity index is 2.41. The lowest BCUT2D eigenvalue weighted by molar-refractivity contribution is -0.139. The first kappa shape index (κ1) is 26.2. The van der Waals surface area contributed by atoms with E-state index in [1.165, 1.54) is 4.90 Å². The number of aryl methyl sites for hydroxylation is 1. The molecule has 0 saturated heterocycles. The number of nitrogens with zero attached hydrogens (tertiary/aromatic N) is 2. The van der Waals surface area contributed by atoms with Crippen LogP contribution in [-0.4, -0.2) is 50.0 Å². The van der Waals surface area contributed by atoms with Crippen molar-refractivity contribution in [3.63, 3.8) is 0 Å². The molecule has 0 aromatic heterocycles. The van der Waals surface area contributed by atoms with E-state index in [4.69, 9.17) is 0 Å². The summed E-state index contributed by atoms with van der Waals surface area (Å²) in [6, 6.07) is 8.86. The fraction of sp³-hybridized carbons (Fsp3) is 0.391. The highest BCUT2D eigenvalue weighted by molar-refractivity contribution is 7.92. The first-order valence-corrected chi connectivity index (χ1v) is 12.2. The second-order valence-electron chi connectivity index (χ2n) is 8.22. The number of hydrogen-bond acceptors (Lipinski definition) is 4. The molecule has 33 heavy (non-hydrogen) atoms. The fourth-order valence-corrected chi connectivity index (χ4v) is 4.09. The van der Waals surface area contributed by atoms with Gasteiger partial charge in [0.1, 0.15) is 12.6 Å². The van der Waals surface area contributed by atoms with E-state index in [-0.39, 0.29) is 18.3 Å². The summed E-state index contributed by atoms with van der Waals surface area (Å²) in [7, 11) is -4.02. The highest BCUT2D eigenvalue weighted by atomic mass is 32.2. The van der Waals surface area contributed by atoms with Gasteiger partial charge in [-0.15, -0.1) is 0 Å². The Morgan fingerprint density at radius 1 is 1.03 bits per heavy atom. The number of carbonyl (C=O) groups is 2. The van der Waals surface area contributed by atoms with E-state index in [1.807, 2.05) is 25.1 Å². The first-order valence-electron chi connectivity index (χ1n) is 10.4. The Morgan fingerprint density at radius 2 is 1.70 bits per heavy atom. The Morgan fingerprint density at radius 3 is 2.24 bits per heavy atom. The van der Waals surface area contributed by atoms with Crippen molar-refractivity contribution in [2.45, 2.75) is 46.3 Å². The van der Waals surface area contributed by atoms with Crippen molar-refractivity contribution in [3.05, 3.63) is 65.2 Å². The third kappa shape index (κ3) is 7.24. The van der Waals surface area contributed by atoms with Crippen molar-refractivity contribution in [1.29, 1.82) is 0 Å². The van der Waals surface area contributed by atoms with Gasteiger partial charge in [-0.3, -0.25) is 13.9 Å². The topological polar surface area (TPSA) is 86.8 Å². The van der Waals surface area contributed by atoms with Crippen molar-refractivity contribution < 1.29 is 26.8 Å². The number of halogens is 2. The van der Waals surface area contributed by atoms with E-state index in [1.54, 1.807) is 26.8 Å². The van der Waals surface area contributed by atoms with Crippen molar-refractivity contribution in [2.24, 2.45) is 0 Å². The van der Waals surface area contributed by atoms with Crippen LogP contribution in [0.2, 0.25) is 0 Å². The van der Waals surface area contributed by atoms with Crippen molar-refractivity contribution in [1.82, 2.24) is 10.2 Å². The molecule has 0 radical (unpaired) electrons. The predicted octanol–water partition coefficient (Wildman–Crippen LogP) is 2.98. The molecule has 2 aromatic carbocycles. The second kappa shape index (κ2) is 10.7. The summed E-state index contributed by atoms with van der Waals surface area (Å²) in [5.74, 6) is -3.45. The maximum Gasteiger partial charge on any atom is 0.244 e. The zero-order valence-corrected chi connectivity index (χ0v) is 20.1. The van der Waals surface area contributed by atoms with Crippen LogP contribution in [0.5, 0.6) is 0 Å². The minimum absolute atomic E-state index is 0.0581. The van der Waals surface area contributed by atoms with Gasteiger partial charge in [0, 0.05) is 18.7 Å². The summed E-state index contributed by atoms with van der Waals surface area (Å²) in [5.41, 5.74) is 1.52. The van der Waals surface area contributed by atoms with Crippen LogP contribution in [0.4, 0.5) is 14.5 Å². The average Bonchev–Trinajstić information content (AvgIpc) is 2.70. The minimum Gasteiger partial charge on any atom is -0.352 e. The number of amides is 2. The largest absolute Gasteiger partial charge is 0.352 e. The van der Waals surface area contributed by atoms with Crippen LogP contribution in [0.1, 0.15) is 31.9 Å². The molecular weight excluding hydrogens is 452 g/mol. The molecular formula is C23H29F2N3O4S. The number of hydrogen-bond donors (Lipinski definition) is 1. The van der Waals surface area contributed by atoms with Crippen molar-refractivity contribution in [2.75, 3.05) is 17.1 Å². The first-order chi connectivity index (χ1) is 15.3. The molecule has 0 saturated carbocycles. The minimum atomic E-state index is -4.02. The second-order valence-corrected chi connectivity index (χ2v) is 10.1. The van der Waals surface area contributed by atoms with E-state index in [2.05, 4.69) is 5.32 Å². The fourth-order valence-electron chi connectivity index (χ4n) is 3.25. The number of benzene rings is 2. The number of rotatable bonds is 9. The highest BCUT2D eigenvalue weighted by Crippen LogP contribution is 2.21. The average molecular weight is 482 g/mol. The smallest absolute Gasteiger partial charge is 0.244 e. The molecule has 7 nitrogen and oxygen atoms in total. The van der Waals surface area contributed by atoms with E-state index in [0.29, 0.717) is 10.4 Å². The van der Waals surface area contributed by atoms with Gasteiger partial charge in [0.25, 0.3) is 0 Å². The molecule has 0 aliphatic rings. The number of carbonyl (C=O) groups excluding carboxylic acids is 2. The molecule has 0 unspecified atom stereocenters. The summed E-state index contributed by atoms with van der Waals surface area (Å²) in [5, 5.41) is 2.75. The lowest BCUT2D eigenvalue weighted by Crippen LogP contribution is -2.52. The third-order valence-corrected chi connectivity index (χ3v) is 6.04. The van der Waals surface area contributed by atoms with E-state index >= 15 is 0 Å². The highest BCUT2D eigenvalue weighted by Gasteiger charge is 2.30. The van der Waals surface area contributed by atoms with Gasteiger partial charge in [-0.2, -0.15) is 0 Å². The Hall–Kier alpha value is -3.01. The van der Waals surface area contributed by atoms with Crippen LogP contribution in [0.25, 0.3) is 0 Å². The molecule has 1 atom stereocenters. The molecule has 2 amide bonds. The van der Waals surface area contributed by atoms with Crippen LogP contribution in [0.3, 0.4) is 0 Å². The molecule has 0 heterocycles. The van der Waals surface area contributed by atoms with Gasteiger partial charge in [-0.1, -0.05) is 29.8 Å². The molecule has 180 valence electrons. The molecule has 0 spiro atoms. The Bertz CT molecular complexity index is 1120. The molecule has 0 aliphatic carbocycles. The maximum absolute atomic E-state index is 13.8. The zero-order valence-electron chi connectivity index (χ0n) is 19.3. The number of nitrogens with one attached hydrogen (secondary N) is 1. The molecule has 0 bridgehead atoms. The van der Waals surface area contributed by atoms with E-state index in [9.17, 15) is 26.8 Å². The molecule has 0 fully saturated rings. The van der Waals surface area contributed by atoms with Crippen LogP contribution < -0.4 is 9.62 Å². The summed E-state index contributed by atoms with van der Waals surface area (Å²) in [6.45, 7) is 6.38. The molecule has 1 N–H and O–H groups in total. The summed E-state index contributed by atoms with van der Waals surface area (Å²) in [6.07, 6.45) is 0.862. The normalized spacial score (nSPS) is 12.4. The predicted molar refractivity (Wildman–Crippen MR) is 123 cm³/mol. The van der Waals surface area contributed by atoms with Gasteiger partial charge in [-0.25, -0.2) is 17.2 Å². The Kier molecular flexibility index (Phi) is 8.54. The van der Waals surface area contributed by atoms with Crippen molar-refractivity contribution >= 4 is 27.5 Å². The van der Waals surface area contributed by atoms with E-state index < -0.39 is 46.1 Å². The van der Waals surface area contributed by atoms with Gasteiger partial charge >= 0.3 is 0 Å². The lowest BCUT2D eigenvalue weighted by atomic mass is 10.1. The maximum atomic E-state index is 13.8. The van der Waals surface area contributed by atoms with Gasteiger partial charge in [0.2, 0.25) is 21.8 Å². The van der Waals surface area contributed by atoms with Crippen LogP contribution in [-0.2, 0) is 26.2 Å². The summed E-state index contributed by atoms with van der Waals surface area (Å²) >= 11 is 0. The lowest BCUT2D eigenvalue weighted by Gasteiger charge is -2.32. The zero-order chi connectivity index (χ0) is 24.9. The monoisotopic (exact) mass is 481 g/mol. The Labute approximate surface area is 193 Å². The number of anilines is 1. The van der Waals surface area contributed by atoms with Gasteiger partial charge in [0.05, 0.1) is 11.9 Å². The summed E-state index contributed by atoms with van der Waals surface area (Å²) < 4.78 is 52.6. The van der Waals surface area contributed by atoms with Gasteiger partial charge in [0.15, 0.2) is 11.6 Å². The molecule has 2 rings (SSSR count). The third-order valence-electron chi connectivity index (χ3n) is 4.90. The SMILES string of the molecule is Cc1cccc(CN(C(=O)CN(c2ccc(F)c(F)c2)S(C)(=O)=O)[C@@H](C)C(=O)NC(C)C)c1. The van der Waals surface area contributed by atoms with Crippen LogP contribution in [0.15, 0.2) is 42.5 Å².